The van der Waals surface area contributed by atoms with Crippen LogP contribution in [0.15, 0.2) is 78.9 Å². The smallest absolute Gasteiger partial charge is 0.209 e. The van der Waals surface area contributed by atoms with Gasteiger partial charge in [-0.3, -0.25) is 4.79 Å². The largest absolute Gasteiger partial charge is 0.388 e. The van der Waals surface area contributed by atoms with E-state index in [0.717, 1.165) is 38.0 Å². The first-order valence-electron chi connectivity index (χ1n) is 11.3. The standard InChI is InChI=1S/C15H19NOS.C13H13N/c1-18-14-10-15(6-8-16(11-17)9-7-15)13-5-3-2-4-12(13)14;1-14-13-9-7-12(8-10-13)11-5-3-2-4-6-11/h2-5,11,14H,6-10H2,1H3;2-10,14H,1H3. The molecule has 1 fully saturated rings. The lowest BCUT2D eigenvalue weighted by molar-refractivity contribution is -0.119. The van der Waals surface area contributed by atoms with Gasteiger partial charge in [0.2, 0.25) is 6.41 Å². The van der Waals surface area contributed by atoms with Gasteiger partial charge in [0.15, 0.2) is 0 Å². The monoisotopic (exact) mass is 444 g/mol. The number of carbonyl (C=O) groups excluding carboxylic acids is 1. The molecule has 0 saturated carbocycles. The molecule has 1 aliphatic heterocycles. The minimum Gasteiger partial charge on any atom is -0.388 e. The Morgan fingerprint density at radius 2 is 1.53 bits per heavy atom. The topological polar surface area (TPSA) is 32.3 Å². The van der Waals surface area contributed by atoms with Crippen molar-refractivity contribution < 1.29 is 4.79 Å². The maximum Gasteiger partial charge on any atom is 0.209 e. The van der Waals surface area contributed by atoms with Crippen LogP contribution in [-0.2, 0) is 10.2 Å². The molecule has 2 aliphatic rings. The highest BCUT2D eigenvalue weighted by Crippen LogP contribution is 2.54. The lowest BCUT2D eigenvalue weighted by atomic mass is 9.74. The van der Waals surface area contributed by atoms with Crippen LogP contribution >= 0.6 is 11.8 Å². The summed E-state index contributed by atoms with van der Waals surface area (Å²) in [5.41, 5.74) is 7.08. The van der Waals surface area contributed by atoms with Gasteiger partial charge in [-0.15, -0.1) is 0 Å². The lowest BCUT2D eigenvalue weighted by Gasteiger charge is -2.39. The molecule has 1 amide bonds. The molecule has 4 heteroatoms. The highest BCUT2D eigenvalue weighted by molar-refractivity contribution is 7.98. The molecule has 1 aliphatic carbocycles. The second kappa shape index (κ2) is 10.3. The van der Waals surface area contributed by atoms with Crippen molar-refractivity contribution in [3.63, 3.8) is 0 Å². The third-order valence-electron chi connectivity index (χ3n) is 6.92. The zero-order valence-corrected chi connectivity index (χ0v) is 19.8. The Morgan fingerprint density at radius 3 is 2.16 bits per heavy atom. The summed E-state index contributed by atoms with van der Waals surface area (Å²) >= 11 is 1.97. The maximum absolute atomic E-state index is 10.9. The fourth-order valence-electron chi connectivity index (χ4n) is 5.04. The molecule has 1 N–H and O–H groups in total. The Kier molecular flexibility index (Phi) is 7.21. The van der Waals surface area contributed by atoms with Gasteiger partial charge in [0, 0.05) is 36.5 Å². The van der Waals surface area contributed by atoms with Gasteiger partial charge in [0.05, 0.1) is 0 Å². The zero-order valence-electron chi connectivity index (χ0n) is 19.0. The number of nitrogens with one attached hydrogen (secondary N) is 1. The summed E-state index contributed by atoms with van der Waals surface area (Å²) in [6.45, 7) is 1.83. The number of amides is 1. The number of hydrogen-bond acceptors (Lipinski definition) is 3. The van der Waals surface area contributed by atoms with E-state index in [1.807, 2.05) is 29.8 Å². The summed E-state index contributed by atoms with van der Waals surface area (Å²) in [7, 11) is 1.93. The zero-order chi connectivity index (χ0) is 22.4. The molecule has 0 radical (unpaired) electrons. The summed E-state index contributed by atoms with van der Waals surface area (Å²) in [6, 6.07) is 27.7. The number of benzene rings is 3. The Morgan fingerprint density at radius 1 is 0.906 bits per heavy atom. The van der Waals surface area contributed by atoms with E-state index < -0.39 is 0 Å². The number of hydrogen-bond donors (Lipinski definition) is 1. The second-order valence-corrected chi connectivity index (χ2v) is 9.67. The molecule has 3 aromatic rings. The summed E-state index contributed by atoms with van der Waals surface area (Å²) in [4.78, 5) is 12.8. The Hall–Kier alpha value is -2.72. The highest BCUT2D eigenvalue weighted by Gasteiger charge is 2.44. The third kappa shape index (κ3) is 4.71. The second-order valence-electron chi connectivity index (χ2n) is 8.63. The molecule has 5 rings (SSSR count). The van der Waals surface area contributed by atoms with Gasteiger partial charge < -0.3 is 10.2 Å². The fourth-order valence-corrected chi connectivity index (χ4v) is 5.98. The molecule has 1 heterocycles. The SMILES string of the molecule is CNc1ccc(-c2ccccc2)cc1.CSC1CC2(CCN(C=O)CC2)c2ccccc21. The predicted molar refractivity (Wildman–Crippen MR) is 137 cm³/mol. The molecular weight excluding hydrogens is 412 g/mol. The molecular formula is C28H32N2OS. The summed E-state index contributed by atoms with van der Waals surface area (Å²) in [6.07, 6.45) is 6.71. The van der Waals surface area contributed by atoms with Crippen molar-refractivity contribution in [2.45, 2.75) is 29.9 Å². The fraction of sp³-hybridized carbons (Fsp3) is 0.321. The average molecular weight is 445 g/mol. The van der Waals surface area contributed by atoms with Crippen molar-refractivity contribution in [1.29, 1.82) is 0 Å². The van der Waals surface area contributed by atoms with Gasteiger partial charge in [-0.2, -0.15) is 11.8 Å². The number of nitrogens with zero attached hydrogens (tertiary/aromatic N) is 1. The molecule has 0 aromatic heterocycles. The van der Waals surface area contributed by atoms with E-state index in [4.69, 9.17) is 0 Å². The van der Waals surface area contributed by atoms with Gasteiger partial charge in [0.25, 0.3) is 0 Å². The number of likely N-dealkylation sites (tertiary alicyclic amines) is 1. The van der Waals surface area contributed by atoms with Crippen LogP contribution in [0.1, 0.15) is 35.6 Å². The summed E-state index contributed by atoms with van der Waals surface area (Å²) in [5, 5.41) is 3.75. The number of rotatable bonds is 4. The van der Waals surface area contributed by atoms with E-state index in [9.17, 15) is 4.79 Å². The lowest BCUT2D eigenvalue weighted by Crippen LogP contribution is -2.40. The first kappa shape index (κ1) is 22.5. The van der Waals surface area contributed by atoms with Crippen LogP contribution in [0.2, 0.25) is 0 Å². The minimum atomic E-state index is 0.337. The van der Waals surface area contributed by atoms with Gasteiger partial charge in [-0.25, -0.2) is 0 Å². The van der Waals surface area contributed by atoms with Gasteiger partial charge in [0.1, 0.15) is 0 Å². The van der Waals surface area contributed by atoms with E-state index in [-0.39, 0.29) is 0 Å². The van der Waals surface area contributed by atoms with Crippen molar-refractivity contribution >= 4 is 23.9 Å². The minimum absolute atomic E-state index is 0.337. The van der Waals surface area contributed by atoms with E-state index in [1.54, 1.807) is 5.56 Å². The number of carbonyl (C=O) groups is 1. The quantitative estimate of drug-likeness (QED) is 0.474. The third-order valence-corrected chi connectivity index (χ3v) is 7.91. The first-order valence-corrected chi connectivity index (χ1v) is 12.6. The number of piperidine rings is 1. The van der Waals surface area contributed by atoms with Crippen LogP contribution < -0.4 is 5.32 Å². The van der Waals surface area contributed by atoms with Crippen molar-refractivity contribution in [3.8, 4) is 11.1 Å². The predicted octanol–water partition coefficient (Wildman–Crippen LogP) is 6.38. The van der Waals surface area contributed by atoms with E-state index >= 15 is 0 Å². The van der Waals surface area contributed by atoms with E-state index in [1.165, 1.54) is 23.1 Å². The molecule has 3 nitrogen and oxygen atoms in total. The van der Waals surface area contributed by atoms with E-state index in [0.29, 0.717) is 10.7 Å². The molecule has 1 saturated heterocycles. The van der Waals surface area contributed by atoms with Crippen molar-refractivity contribution in [2.75, 3.05) is 31.7 Å². The van der Waals surface area contributed by atoms with Crippen molar-refractivity contribution in [3.05, 3.63) is 90.0 Å². The average Bonchev–Trinajstić information content (AvgIpc) is 3.19. The van der Waals surface area contributed by atoms with Gasteiger partial charge >= 0.3 is 0 Å². The Labute approximate surface area is 196 Å². The van der Waals surface area contributed by atoms with Crippen LogP contribution in [0.25, 0.3) is 11.1 Å². The summed E-state index contributed by atoms with van der Waals surface area (Å²) in [5.74, 6) is 0. The van der Waals surface area contributed by atoms with E-state index in [2.05, 4.69) is 84.4 Å². The van der Waals surface area contributed by atoms with Gasteiger partial charge in [-0.05, 0) is 59.9 Å². The molecule has 1 spiro atoms. The van der Waals surface area contributed by atoms with Crippen molar-refractivity contribution in [2.24, 2.45) is 0 Å². The Bertz CT molecular complexity index is 1010. The normalized spacial score (nSPS) is 18.4. The van der Waals surface area contributed by atoms with Crippen LogP contribution in [0.3, 0.4) is 0 Å². The molecule has 32 heavy (non-hydrogen) atoms. The Balaban J connectivity index is 0.000000158. The maximum atomic E-state index is 10.9. The summed E-state index contributed by atoms with van der Waals surface area (Å²) < 4.78 is 0. The molecule has 1 atom stereocenters. The van der Waals surface area contributed by atoms with Crippen LogP contribution in [0.4, 0.5) is 5.69 Å². The molecule has 0 bridgehead atoms. The molecule has 3 aromatic carbocycles. The highest BCUT2D eigenvalue weighted by atomic mass is 32.2. The van der Waals surface area contributed by atoms with Crippen LogP contribution in [0.5, 0.6) is 0 Å². The first-order chi connectivity index (χ1) is 15.7. The van der Waals surface area contributed by atoms with Gasteiger partial charge in [-0.1, -0.05) is 66.7 Å². The molecule has 1 unspecified atom stereocenters. The number of anilines is 1. The number of fused-ring (bicyclic) bond motifs is 2. The number of thioether (sulfide) groups is 1. The van der Waals surface area contributed by atoms with Crippen LogP contribution in [-0.4, -0.2) is 37.7 Å². The molecule has 166 valence electrons. The van der Waals surface area contributed by atoms with Crippen LogP contribution in [0, 0.1) is 0 Å². The van der Waals surface area contributed by atoms with Crippen molar-refractivity contribution in [1.82, 2.24) is 4.90 Å².